The summed E-state index contributed by atoms with van der Waals surface area (Å²) in [5.41, 5.74) is 0.682. The average Bonchev–Trinajstić information content (AvgIpc) is 2.71. The molecular weight excluding hydrogens is 405 g/mol. The van der Waals surface area contributed by atoms with Gasteiger partial charge >= 0.3 is 7.60 Å². The average molecular weight is 423 g/mol. The Balaban J connectivity index is 2.57. The second-order valence-corrected chi connectivity index (χ2v) is 8.84. The Kier molecular flexibility index (Phi) is 6.01. The fourth-order valence-electron chi connectivity index (χ4n) is 3.46. The van der Waals surface area contributed by atoms with E-state index in [0.29, 0.717) is 11.1 Å². The molecule has 0 bridgehead atoms. The molecule has 0 aromatic heterocycles. The zero-order valence-electron chi connectivity index (χ0n) is 15.2. The van der Waals surface area contributed by atoms with E-state index in [-0.39, 0.29) is 10.6 Å². The van der Waals surface area contributed by atoms with Crippen LogP contribution in [0.15, 0.2) is 72.8 Å². The quantitative estimate of drug-likeness (QED) is 0.341. The third-order valence-electron chi connectivity index (χ3n) is 4.68. The topological polar surface area (TPSA) is 35.5 Å². The van der Waals surface area contributed by atoms with E-state index in [9.17, 15) is 8.96 Å². The van der Waals surface area contributed by atoms with Crippen LogP contribution in [-0.2, 0) is 18.8 Å². The third-order valence-corrected chi connectivity index (χ3v) is 7.53. The van der Waals surface area contributed by atoms with Gasteiger partial charge in [0.05, 0.1) is 0 Å². The maximum atomic E-state index is 15.1. The van der Waals surface area contributed by atoms with E-state index in [2.05, 4.69) is 0 Å². The normalized spacial score (nSPS) is 13.9. The van der Waals surface area contributed by atoms with Crippen LogP contribution in [0.25, 0.3) is 0 Å². The molecule has 0 spiro atoms. The number of hydrogen-bond donors (Lipinski definition) is 0. The standard InChI is InChI=1S/C21H18ClF2O3P/c1-26-28(25,27-2)21(15-11-13-16(23)14-12-15,17-7-3-5-9-19(17)22)18-8-4-6-10-20(18)24/h3-14H,1-2H3. The van der Waals surface area contributed by atoms with Crippen LogP contribution < -0.4 is 0 Å². The molecule has 0 aliphatic rings. The van der Waals surface area contributed by atoms with Gasteiger partial charge in [-0.3, -0.25) is 4.57 Å². The van der Waals surface area contributed by atoms with Crippen LogP contribution in [0.3, 0.4) is 0 Å². The van der Waals surface area contributed by atoms with Gasteiger partial charge in [0.25, 0.3) is 0 Å². The first-order valence-corrected chi connectivity index (χ1v) is 10.3. The molecule has 0 fully saturated rings. The number of halogens is 3. The Hall–Kier alpha value is -2.04. The molecule has 3 aromatic carbocycles. The number of benzene rings is 3. The van der Waals surface area contributed by atoms with Crippen molar-refractivity contribution in [1.82, 2.24) is 0 Å². The summed E-state index contributed by atoms with van der Waals surface area (Å²) in [7, 11) is -1.66. The summed E-state index contributed by atoms with van der Waals surface area (Å²) >= 11 is 6.48. The zero-order valence-corrected chi connectivity index (χ0v) is 16.9. The highest BCUT2D eigenvalue weighted by Crippen LogP contribution is 2.70. The largest absolute Gasteiger partial charge is 0.349 e. The minimum absolute atomic E-state index is 0.0433. The zero-order chi connectivity index (χ0) is 20.4. The summed E-state index contributed by atoms with van der Waals surface area (Å²) in [5, 5.41) is -1.52. The number of rotatable bonds is 6. The molecule has 0 N–H and O–H groups in total. The van der Waals surface area contributed by atoms with Crippen molar-refractivity contribution in [2.24, 2.45) is 0 Å². The van der Waals surface area contributed by atoms with Gasteiger partial charge < -0.3 is 9.05 Å². The fraction of sp³-hybridized carbons (Fsp3) is 0.143. The van der Waals surface area contributed by atoms with Crippen molar-refractivity contribution in [3.63, 3.8) is 0 Å². The summed E-state index contributed by atoms with van der Waals surface area (Å²) < 4.78 is 53.5. The minimum atomic E-state index is -4.10. The van der Waals surface area contributed by atoms with Crippen molar-refractivity contribution in [2.45, 2.75) is 5.16 Å². The Bertz CT molecular complexity index is 971. The van der Waals surface area contributed by atoms with E-state index >= 15 is 4.39 Å². The second-order valence-electron chi connectivity index (χ2n) is 6.04. The molecule has 3 nitrogen and oxygen atoms in total. The molecule has 1 atom stereocenters. The highest BCUT2D eigenvalue weighted by atomic mass is 35.5. The van der Waals surface area contributed by atoms with Crippen molar-refractivity contribution in [3.05, 3.63) is 106 Å². The highest BCUT2D eigenvalue weighted by molar-refractivity contribution is 7.55. The van der Waals surface area contributed by atoms with Crippen LogP contribution in [0.2, 0.25) is 5.02 Å². The van der Waals surface area contributed by atoms with Crippen molar-refractivity contribution < 1.29 is 22.4 Å². The van der Waals surface area contributed by atoms with Crippen LogP contribution in [-0.4, -0.2) is 14.2 Å². The molecule has 0 saturated heterocycles. The van der Waals surface area contributed by atoms with Crippen LogP contribution in [0.5, 0.6) is 0 Å². The van der Waals surface area contributed by atoms with Crippen molar-refractivity contribution in [1.29, 1.82) is 0 Å². The Labute approximate surface area is 167 Å². The molecule has 0 aliphatic heterocycles. The molecule has 0 amide bonds. The van der Waals surface area contributed by atoms with E-state index in [1.807, 2.05) is 0 Å². The predicted octanol–water partition coefficient (Wildman–Crippen LogP) is 6.40. The lowest BCUT2D eigenvalue weighted by molar-refractivity contribution is 0.258. The lowest BCUT2D eigenvalue weighted by Gasteiger charge is -2.40. The van der Waals surface area contributed by atoms with E-state index < -0.39 is 24.4 Å². The van der Waals surface area contributed by atoms with Crippen molar-refractivity contribution in [3.8, 4) is 0 Å². The predicted molar refractivity (Wildman–Crippen MR) is 106 cm³/mol. The molecule has 146 valence electrons. The van der Waals surface area contributed by atoms with E-state index in [1.54, 1.807) is 30.3 Å². The summed E-state index contributed by atoms with van der Waals surface area (Å²) in [6.07, 6.45) is 0. The highest BCUT2D eigenvalue weighted by Gasteiger charge is 2.56. The molecule has 0 saturated carbocycles. The molecule has 1 unspecified atom stereocenters. The van der Waals surface area contributed by atoms with E-state index in [0.717, 1.165) is 0 Å². The molecule has 0 radical (unpaired) electrons. The maximum Gasteiger partial charge on any atom is 0.349 e. The Morgan fingerprint density at radius 3 is 1.89 bits per heavy atom. The molecule has 3 rings (SSSR count). The summed E-state index contributed by atoms with van der Waals surface area (Å²) in [4.78, 5) is 0. The molecule has 0 aliphatic carbocycles. The molecular formula is C21H18ClF2O3P. The van der Waals surface area contributed by atoms with Gasteiger partial charge in [0.15, 0.2) is 5.16 Å². The van der Waals surface area contributed by atoms with Crippen LogP contribution in [0, 0.1) is 11.6 Å². The fourth-order valence-corrected chi connectivity index (χ4v) is 5.93. The first-order valence-electron chi connectivity index (χ1n) is 8.38. The second kappa shape index (κ2) is 8.14. The Morgan fingerprint density at radius 1 is 0.821 bits per heavy atom. The third kappa shape index (κ3) is 3.19. The van der Waals surface area contributed by atoms with Gasteiger partial charge in [-0.05, 0) is 35.4 Å². The first-order chi connectivity index (χ1) is 13.4. The van der Waals surface area contributed by atoms with Gasteiger partial charge in [-0.2, -0.15) is 0 Å². The van der Waals surface area contributed by atoms with Gasteiger partial charge in [-0.1, -0.05) is 60.1 Å². The SMILES string of the molecule is COP(=O)(OC)C(c1ccc(F)cc1)(c1ccccc1F)c1ccccc1Cl. The minimum Gasteiger partial charge on any atom is -0.311 e. The monoisotopic (exact) mass is 422 g/mol. The van der Waals surface area contributed by atoms with Gasteiger partial charge in [-0.15, -0.1) is 0 Å². The van der Waals surface area contributed by atoms with E-state index in [1.165, 1.54) is 56.7 Å². The number of hydrogen-bond acceptors (Lipinski definition) is 3. The smallest absolute Gasteiger partial charge is 0.311 e. The van der Waals surface area contributed by atoms with Crippen LogP contribution in [0.1, 0.15) is 16.7 Å². The lowest BCUT2D eigenvalue weighted by atomic mass is 9.83. The van der Waals surface area contributed by atoms with Crippen LogP contribution >= 0.6 is 19.2 Å². The van der Waals surface area contributed by atoms with Crippen molar-refractivity contribution >= 4 is 19.2 Å². The molecule has 3 aromatic rings. The summed E-state index contributed by atoms with van der Waals surface area (Å²) in [6.45, 7) is 0. The van der Waals surface area contributed by atoms with Crippen molar-refractivity contribution in [2.75, 3.05) is 14.2 Å². The van der Waals surface area contributed by atoms with Gasteiger partial charge in [0.2, 0.25) is 0 Å². The van der Waals surface area contributed by atoms with Crippen LogP contribution in [0.4, 0.5) is 8.78 Å². The molecule has 0 heterocycles. The molecule has 7 heteroatoms. The summed E-state index contributed by atoms with van der Waals surface area (Å²) in [6, 6.07) is 17.8. The lowest BCUT2D eigenvalue weighted by Crippen LogP contribution is -2.32. The van der Waals surface area contributed by atoms with Gasteiger partial charge in [0.1, 0.15) is 11.6 Å². The summed E-state index contributed by atoms with van der Waals surface area (Å²) in [5.74, 6) is -1.11. The Morgan fingerprint density at radius 2 is 1.36 bits per heavy atom. The van der Waals surface area contributed by atoms with Gasteiger partial charge in [-0.25, -0.2) is 8.78 Å². The first kappa shape index (κ1) is 20.7. The van der Waals surface area contributed by atoms with Gasteiger partial charge in [0, 0.05) is 24.8 Å². The van der Waals surface area contributed by atoms with E-state index in [4.69, 9.17) is 20.6 Å². The maximum absolute atomic E-state index is 15.1. The molecule has 28 heavy (non-hydrogen) atoms.